The fourth-order valence-corrected chi connectivity index (χ4v) is 6.35. The second kappa shape index (κ2) is 10.3. The molecule has 2 amide bonds. The van der Waals surface area contributed by atoms with E-state index in [0.717, 1.165) is 5.56 Å². The number of benzene rings is 2. The van der Waals surface area contributed by atoms with Crippen LogP contribution in [0.3, 0.4) is 0 Å². The molecule has 0 saturated carbocycles. The highest BCUT2D eigenvalue weighted by molar-refractivity contribution is 7.91. The third-order valence-electron chi connectivity index (χ3n) is 5.60. The first-order valence-corrected chi connectivity index (χ1v) is 13.0. The Morgan fingerprint density at radius 1 is 0.879 bits per heavy atom. The number of hydrogen-bond acceptors (Lipinski definition) is 5. The maximum atomic E-state index is 13.1. The predicted octanol–water partition coefficient (Wildman–Crippen LogP) is 3.14. The number of rotatable bonds is 7. The number of thiophene rings is 1. The van der Waals surface area contributed by atoms with Crippen LogP contribution in [0.4, 0.5) is 0 Å². The average Bonchev–Trinajstić information content (AvgIpc) is 3.41. The number of piperazine rings is 1. The second-order valence-electron chi connectivity index (χ2n) is 7.72. The predicted molar refractivity (Wildman–Crippen MR) is 127 cm³/mol. The van der Waals surface area contributed by atoms with Crippen LogP contribution in [0.1, 0.15) is 28.4 Å². The van der Waals surface area contributed by atoms with Gasteiger partial charge in [-0.15, -0.1) is 11.3 Å². The third-order valence-corrected chi connectivity index (χ3v) is 8.87. The van der Waals surface area contributed by atoms with Crippen molar-refractivity contribution in [2.45, 2.75) is 16.7 Å². The molecule has 7 nitrogen and oxygen atoms in total. The van der Waals surface area contributed by atoms with Crippen molar-refractivity contribution in [2.24, 2.45) is 0 Å². The maximum absolute atomic E-state index is 13.1. The number of amides is 2. The molecule has 0 aliphatic carbocycles. The summed E-state index contributed by atoms with van der Waals surface area (Å²) in [5.74, 6) is -0.366. The summed E-state index contributed by atoms with van der Waals surface area (Å²) >= 11 is 1.19. The number of carbonyl (C=O) groups is 2. The van der Waals surface area contributed by atoms with E-state index in [2.05, 4.69) is 5.32 Å². The summed E-state index contributed by atoms with van der Waals surface area (Å²) in [7, 11) is -3.52. The van der Waals surface area contributed by atoms with Gasteiger partial charge in [0.25, 0.3) is 15.9 Å². The molecule has 33 heavy (non-hydrogen) atoms. The summed E-state index contributed by atoms with van der Waals surface area (Å²) in [6.07, 6.45) is 0.0975. The van der Waals surface area contributed by atoms with E-state index in [-0.39, 0.29) is 31.3 Å². The first-order chi connectivity index (χ1) is 15.9. The van der Waals surface area contributed by atoms with E-state index < -0.39 is 16.1 Å². The van der Waals surface area contributed by atoms with Crippen molar-refractivity contribution in [3.05, 3.63) is 89.3 Å². The molecule has 9 heteroatoms. The van der Waals surface area contributed by atoms with Crippen LogP contribution in [0.2, 0.25) is 0 Å². The fraction of sp³-hybridized carbons (Fsp3) is 0.250. The highest BCUT2D eigenvalue weighted by Crippen LogP contribution is 2.23. The summed E-state index contributed by atoms with van der Waals surface area (Å²) in [5.41, 5.74) is 1.37. The molecule has 0 spiro atoms. The molecule has 1 aromatic heterocycles. The molecule has 0 radical (unpaired) electrons. The Kier molecular flexibility index (Phi) is 7.22. The van der Waals surface area contributed by atoms with Crippen LogP contribution < -0.4 is 5.32 Å². The van der Waals surface area contributed by atoms with Crippen LogP contribution >= 0.6 is 11.3 Å². The molecule has 4 rings (SSSR count). The summed E-state index contributed by atoms with van der Waals surface area (Å²) in [6, 6.07) is 21.1. The zero-order valence-corrected chi connectivity index (χ0v) is 19.6. The lowest BCUT2D eigenvalue weighted by Gasteiger charge is -2.34. The van der Waals surface area contributed by atoms with E-state index in [9.17, 15) is 18.0 Å². The number of sulfonamides is 1. The van der Waals surface area contributed by atoms with Gasteiger partial charge in [0.05, 0.1) is 12.5 Å². The van der Waals surface area contributed by atoms with Gasteiger partial charge in [-0.05, 0) is 29.1 Å². The van der Waals surface area contributed by atoms with Crippen molar-refractivity contribution in [2.75, 3.05) is 26.2 Å². The SMILES string of the molecule is O=C(N[C@H](CC(=O)N1CCN(S(=O)(=O)c2cccs2)CC1)c1ccccc1)c1ccccc1. The molecule has 172 valence electrons. The van der Waals surface area contributed by atoms with Crippen molar-refractivity contribution in [1.29, 1.82) is 0 Å². The summed E-state index contributed by atoms with van der Waals surface area (Å²) < 4.78 is 27.2. The van der Waals surface area contributed by atoms with Gasteiger partial charge in [-0.2, -0.15) is 4.31 Å². The Hall–Kier alpha value is -3.01. The molecule has 2 heterocycles. The lowest BCUT2D eigenvalue weighted by atomic mass is 10.0. The summed E-state index contributed by atoms with van der Waals surface area (Å²) in [4.78, 5) is 27.5. The van der Waals surface area contributed by atoms with Crippen molar-refractivity contribution < 1.29 is 18.0 Å². The van der Waals surface area contributed by atoms with E-state index >= 15 is 0 Å². The largest absolute Gasteiger partial charge is 0.345 e. The van der Waals surface area contributed by atoms with Gasteiger partial charge in [0.2, 0.25) is 5.91 Å². The molecule has 1 saturated heterocycles. The van der Waals surface area contributed by atoms with Crippen molar-refractivity contribution >= 4 is 33.2 Å². The van der Waals surface area contributed by atoms with Gasteiger partial charge in [0.1, 0.15) is 4.21 Å². The molecule has 1 fully saturated rings. The van der Waals surface area contributed by atoms with Gasteiger partial charge in [0.15, 0.2) is 0 Å². The van der Waals surface area contributed by atoms with Crippen molar-refractivity contribution in [3.63, 3.8) is 0 Å². The Balaban J connectivity index is 1.42. The summed E-state index contributed by atoms with van der Waals surface area (Å²) in [6.45, 7) is 1.13. The Bertz CT molecular complexity index is 1170. The van der Waals surface area contributed by atoms with E-state index in [1.165, 1.54) is 15.6 Å². The molecule has 1 aliphatic rings. The fourth-order valence-electron chi connectivity index (χ4n) is 3.79. The molecule has 2 aromatic carbocycles. The van der Waals surface area contributed by atoms with Crippen molar-refractivity contribution in [1.82, 2.24) is 14.5 Å². The Morgan fingerprint density at radius 3 is 2.12 bits per heavy atom. The van der Waals surface area contributed by atoms with E-state index in [4.69, 9.17) is 0 Å². The molecule has 1 atom stereocenters. The minimum absolute atomic E-state index is 0.0975. The van der Waals surface area contributed by atoms with Crippen LogP contribution in [0.25, 0.3) is 0 Å². The molecule has 1 N–H and O–H groups in total. The normalized spacial score (nSPS) is 15.7. The molecule has 0 unspecified atom stereocenters. The maximum Gasteiger partial charge on any atom is 0.252 e. The minimum Gasteiger partial charge on any atom is -0.345 e. The van der Waals surface area contributed by atoms with Gasteiger partial charge < -0.3 is 10.2 Å². The second-order valence-corrected chi connectivity index (χ2v) is 10.8. The molecule has 1 aliphatic heterocycles. The first kappa shape index (κ1) is 23.2. The first-order valence-electron chi connectivity index (χ1n) is 10.7. The van der Waals surface area contributed by atoms with Gasteiger partial charge in [-0.25, -0.2) is 8.42 Å². The number of carbonyl (C=O) groups excluding carboxylic acids is 2. The molecular formula is C24H25N3O4S2. The number of nitrogens with zero attached hydrogens (tertiary/aromatic N) is 2. The monoisotopic (exact) mass is 483 g/mol. The zero-order valence-electron chi connectivity index (χ0n) is 18.0. The third kappa shape index (κ3) is 5.50. The Labute approximate surface area is 197 Å². The average molecular weight is 484 g/mol. The number of hydrogen-bond donors (Lipinski definition) is 1. The van der Waals surface area contributed by atoms with Crippen molar-refractivity contribution in [3.8, 4) is 0 Å². The highest BCUT2D eigenvalue weighted by Gasteiger charge is 2.31. The van der Waals surface area contributed by atoms with Crippen LogP contribution in [-0.4, -0.2) is 55.6 Å². The van der Waals surface area contributed by atoms with Crippen LogP contribution in [0.15, 0.2) is 82.4 Å². The highest BCUT2D eigenvalue weighted by atomic mass is 32.2. The smallest absolute Gasteiger partial charge is 0.252 e. The van der Waals surface area contributed by atoms with Crippen LogP contribution in [0.5, 0.6) is 0 Å². The minimum atomic E-state index is -3.52. The van der Waals surface area contributed by atoms with Crippen LogP contribution in [0, 0.1) is 0 Å². The quantitative estimate of drug-likeness (QED) is 0.559. The van der Waals surface area contributed by atoms with E-state index in [1.54, 1.807) is 46.7 Å². The van der Waals surface area contributed by atoms with Crippen LogP contribution in [-0.2, 0) is 14.8 Å². The topological polar surface area (TPSA) is 86.8 Å². The van der Waals surface area contributed by atoms with E-state index in [0.29, 0.717) is 22.9 Å². The molecule has 3 aromatic rings. The van der Waals surface area contributed by atoms with Gasteiger partial charge in [-0.3, -0.25) is 9.59 Å². The number of nitrogens with one attached hydrogen (secondary N) is 1. The lowest BCUT2D eigenvalue weighted by molar-refractivity contribution is -0.132. The zero-order chi connectivity index (χ0) is 23.3. The lowest BCUT2D eigenvalue weighted by Crippen LogP contribution is -2.51. The Morgan fingerprint density at radius 2 is 1.52 bits per heavy atom. The van der Waals surface area contributed by atoms with Gasteiger partial charge in [-0.1, -0.05) is 54.6 Å². The van der Waals surface area contributed by atoms with Gasteiger partial charge in [0, 0.05) is 31.7 Å². The summed E-state index contributed by atoms with van der Waals surface area (Å²) in [5, 5.41) is 4.72. The van der Waals surface area contributed by atoms with Gasteiger partial charge >= 0.3 is 0 Å². The van der Waals surface area contributed by atoms with E-state index in [1.807, 2.05) is 36.4 Å². The standard InChI is InChI=1S/C24H25N3O4S2/c28-22(26-13-15-27(16-14-26)33(30,31)23-12-7-17-32-23)18-21(19-8-3-1-4-9-19)25-24(29)20-10-5-2-6-11-20/h1-12,17,21H,13-16,18H2,(H,25,29)/t21-/m1/s1. The molecule has 0 bridgehead atoms. The molecular weight excluding hydrogens is 458 g/mol.